The number of aryl methyl sites for hydroxylation is 1. The van der Waals surface area contributed by atoms with Crippen LogP contribution in [-0.4, -0.2) is 17.0 Å². The third-order valence-corrected chi connectivity index (χ3v) is 4.39. The maximum atomic E-state index is 6.22. The van der Waals surface area contributed by atoms with Gasteiger partial charge < -0.3 is 5.32 Å². The first-order valence-corrected chi connectivity index (χ1v) is 7.67. The number of para-hydroxylation sites is 1. The molecule has 1 aliphatic heterocycles. The Morgan fingerprint density at radius 1 is 1.44 bits per heavy atom. The van der Waals surface area contributed by atoms with Crippen molar-refractivity contribution >= 4 is 34.2 Å². The molecule has 1 N–H and O–H groups in total. The third kappa shape index (κ3) is 3.21. The molecule has 98 valence electrons. The smallest absolute Gasteiger partial charge is 0.161 e. The van der Waals surface area contributed by atoms with Crippen LogP contribution < -0.4 is 5.32 Å². The molecule has 0 saturated carbocycles. The quantitative estimate of drug-likeness (QED) is 0.859. The molecule has 1 aromatic carbocycles. The highest BCUT2D eigenvalue weighted by molar-refractivity contribution is 8.14. The molecule has 0 bridgehead atoms. The Bertz CT molecular complexity index is 437. The number of halogens is 1. The van der Waals surface area contributed by atoms with Crippen LogP contribution in [0.25, 0.3) is 0 Å². The number of benzene rings is 1. The van der Waals surface area contributed by atoms with E-state index in [1.807, 2.05) is 12.1 Å². The van der Waals surface area contributed by atoms with Gasteiger partial charge in [0.05, 0.1) is 16.8 Å². The van der Waals surface area contributed by atoms with Gasteiger partial charge in [-0.25, -0.2) is 0 Å². The van der Waals surface area contributed by atoms with Gasteiger partial charge in [-0.3, -0.25) is 4.99 Å². The fourth-order valence-electron chi connectivity index (χ4n) is 1.98. The molecule has 0 spiro atoms. The monoisotopic (exact) mass is 282 g/mol. The summed E-state index contributed by atoms with van der Waals surface area (Å²) in [6, 6.07) is 6.36. The molecule has 1 aliphatic rings. The predicted molar refractivity (Wildman–Crippen MR) is 82.9 cm³/mol. The topological polar surface area (TPSA) is 24.4 Å². The summed E-state index contributed by atoms with van der Waals surface area (Å²) < 4.78 is 0. The van der Waals surface area contributed by atoms with Crippen LogP contribution in [0.3, 0.4) is 0 Å². The Morgan fingerprint density at radius 3 is 2.89 bits per heavy atom. The van der Waals surface area contributed by atoms with Crippen molar-refractivity contribution < 1.29 is 0 Å². The Balaban J connectivity index is 2.18. The van der Waals surface area contributed by atoms with Crippen LogP contribution >= 0.6 is 23.4 Å². The Kier molecular flexibility index (Phi) is 4.57. The van der Waals surface area contributed by atoms with E-state index in [-0.39, 0.29) is 0 Å². The van der Waals surface area contributed by atoms with Crippen molar-refractivity contribution in [2.24, 2.45) is 10.9 Å². The van der Waals surface area contributed by atoms with Gasteiger partial charge in [0.25, 0.3) is 0 Å². The fourth-order valence-corrected chi connectivity index (χ4v) is 3.18. The summed E-state index contributed by atoms with van der Waals surface area (Å²) >= 11 is 8.00. The fraction of sp³-hybridized carbons (Fsp3) is 0.500. The maximum absolute atomic E-state index is 6.22. The van der Waals surface area contributed by atoms with Crippen molar-refractivity contribution in [2.45, 2.75) is 33.2 Å². The van der Waals surface area contributed by atoms with Gasteiger partial charge in [-0.1, -0.05) is 49.3 Å². The molecule has 1 aromatic rings. The van der Waals surface area contributed by atoms with Crippen LogP contribution in [0.4, 0.5) is 5.69 Å². The highest BCUT2D eigenvalue weighted by atomic mass is 35.5. The second-order valence-corrected chi connectivity index (χ2v) is 6.43. The SMILES string of the molecule is Cc1cccc(Cl)c1NC1=NC(C(C)C)CCS1. The predicted octanol–water partition coefficient (Wildman–Crippen LogP) is 4.58. The highest BCUT2D eigenvalue weighted by Gasteiger charge is 2.19. The Hall–Kier alpha value is -0.670. The van der Waals surface area contributed by atoms with Crippen molar-refractivity contribution in [1.82, 2.24) is 0 Å². The largest absolute Gasteiger partial charge is 0.334 e. The lowest BCUT2D eigenvalue weighted by Crippen LogP contribution is -2.24. The van der Waals surface area contributed by atoms with Crippen LogP contribution in [0, 0.1) is 12.8 Å². The molecule has 0 aromatic heterocycles. The van der Waals surface area contributed by atoms with Gasteiger partial charge in [-0.15, -0.1) is 0 Å². The number of amidine groups is 1. The first-order valence-electron chi connectivity index (χ1n) is 6.30. The molecule has 4 heteroatoms. The summed E-state index contributed by atoms with van der Waals surface area (Å²) in [6.45, 7) is 6.51. The molecule has 1 unspecified atom stereocenters. The lowest BCUT2D eigenvalue weighted by atomic mass is 10.0. The molecule has 1 atom stereocenters. The molecular formula is C14H19ClN2S. The van der Waals surface area contributed by atoms with Crippen LogP contribution in [0.5, 0.6) is 0 Å². The van der Waals surface area contributed by atoms with E-state index in [4.69, 9.17) is 16.6 Å². The summed E-state index contributed by atoms with van der Waals surface area (Å²) in [5.41, 5.74) is 2.13. The van der Waals surface area contributed by atoms with E-state index in [1.54, 1.807) is 11.8 Å². The number of aliphatic imine (C=N–C) groups is 1. The minimum absolute atomic E-state index is 0.427. The lowest BCUT2D eigenvalue weighted by Gasteiger charge is -2.24. The third-order valence-electron chi connectivity index (χ3n) is 3.16. The van der Waals surface area contributed by atoms with E-state index in [0.717, 1.165) is 33.6 Å². The van der Waals surface area contributed by atoms with E-state index in [2.05, 4.69) is 32.2 Å². The molecule has 0 fully saturated rings. The van der Waals surface area contributed by atoms with E-state index in [1.165, 1.54) is 0 Å². The van der Waals surface area contributed by atoms with Crippen molar-refractivity contribution in [3.8, 4) is 0 Å². The molecular weight excluding hydrogens is 264 g/mol. The van der Waals surface area contributed by atoms with Crippen molar-refractivity contribution in [3.63, 3.8) is 0 Å². The molecule has 2 rings (SSSR count). The summed E-state index contributed by atoms with van der Waals surface area (Å²) in [6.07, 6.45) is 1.16. The Labute approximate surface area is 118 Å². The van der Waals surface area contributed by atoms with Gasteiger partial charge in [0, 0.05) is 5.75 Å². The number of nitrogens with zero attached hydrogens (tertiary/aromatic N) is 1. The first kappa shape index (κ1) is 13.8. The molecule has 0 saturated heterocycles. The molecule has 0 amide bonds. The van der Waals surface area contributed by atoms with Crippen LogP contribution in [0.2, 0.25) is 5.02 Å². The summed E-state index contributed by atoms with van der Waals surface area (Å²) in [5.74, 6) is 1.72. The zero-order chi connectivity index (χ0) is 13.1. The first-order chi connectivity index (χ1) is 8.58. The summed E-state index contributed by atoms with van der Waals surface area (Å²) in [4.78, 5) is 4.77. The molecule has 1 heterocycles. The maximum Gasteiger partial charge on any atom is 0.161 e. The summed E-state index contributed by atoms with van der Waals surface area (Å²) in [7, 11) is 0. The van der Waals surface area contributed by atoms with E-state index < -0.39 is 0 Å². The van der Waals surface area contributed by atoms with Crippen molar-refractivity contribution in [3.05, 3.63) is 28.8 Å². The second kappa shape index (κ2) is 5.98. The van der Waals surface area contributed by atoms with E-state index in [9.17, 15) is 0 Å². The highest BCUT2D eigenvalue weighted by Crippen LogP contribution is 2.29. The normalized spacial score (nSPS) is 19.8. The average molecular weight is 283 g/mol. The Morgan fingerprint density at radius 2 is 2.22 bits per heavy atom. The van der Waals surface area contributed by atoms with Gasteiger partial charge in [-0.2, -0.15) is 0 Å². The average Bonchev–Trinajstić information content (AvgIpc) is 2.34. The standard InChI is InChI=1S/C14H19ClN2S/c1-9(2)12-7-8-18-14(16-12)17-13-10(3)5-4-6-11(13)15/h4-6,9,12H,7-8H2,1-3H3,(H,16,17). The molecule has 0 radical (unpaired) electrons. The van der Waals surface area contributed by atoms with Gasteiger partial charge in [0.15, 0.2) is 5.17 Å². The minimum atomic E-state index is 0.427. The second-order valence-electron chi connectivity index (χ2n) is 4.94. The zero-order valence-corrected chi connectivity index (χ0v) is 12.6. The minimum Gasteiger partial charge on any atom is -0.334 e. The van der Waals surface area contributed by atoms with Gasteiger partial charge in [0.1, 0.15) is 0 Å². The zero-order valence-electron chi connectivity index (χ0n) is 11.0. The number of rotatable bonds is 2. The van der Waals surface area contributed by atoms with Gasteiger partial charge >= 0.3 is 0 Å². The lowest BCUT2D eigenvalue weighted by molar-refractivity contribution is 0.485. The number of nitrogens with one attached hydrogen (secondary N) is 1. The number of hydrogen-bond acceptors (Lipinski definition) is 3. The van der Waals surface area contributed by atoms with Crippen LogP contribution in [0.15, 0.2) is 23.2 Å². The molecule has 0 aliphatic carbocycles. The van der Waals surface area contributed by atoms with Crippen molar-refractivity contribution in [2.75, 3.05) is 11.1 Å². The molecule has 2 nitrogen and oxygen atoms in total. The van der Waals surface area contributed by atoms with Crippen LogP contribution in [0.1, 0.15) is 25.8 Å². The van der Waals surface area contributed by atoms with Gasteiger partial charge in [-0.05, 0) is 30.9 Å². The summed E-state index contributed by atoms with van der Waals surface area (Å²) in [5, 5.41) is 5.13. The van der Waals surface area contributed by atoms with Crippen LogP contribution in [-0.2, 0) is 0 Å². The van der Waals surface area contributed by atoms with E-state index in [0.29, 0.717) is 12.0 Å². The van der Waals surface area contributed by atoms with E-state index >= 15 is 0 Å². The number of anilines is 1. The van der Waals surface area contributed by atoms with Crippen molar-refractivity contribution in [1.29, 1.82) is 0 Å². The number of hydrogen-bond donors (Lipinski definition) is 1. The number of thioether (sulfide) groups is 1. The molecule has 18 heavy (non-hydrogen) atoms. The van der Waals surface area contributed by atoms with Gasteiger partial charge in [0.2, 0.25) is 0 Å².